The topological polar surface area (TPSA) is 55.2 Å². The van der Waals surface area contributed by atoms with Crippen molar-refractivity contribution in [2.75, 3.05) is 5.32 Å². The van der Waals surface area contributed by atoms with Gasteiger partial charge in [0.15, 0.2) is 0 Å². The van der Waals surface area contributed by atoms with Crippen molar-refractivity contribution in [3.05, 3.63) is 53.1 Å². The third-order valence-electron chi connectivity index (χ3n) is 2.50. The molecular formula is C12H10Br2N2O2S. The summed E-state index contributed by atoms with van der Waals surface area (Å²) in [4.78, 5) is 11.7. The summed E-state index contributed by atoms with van der Waals surface area (Å²) in [5.74, 6) is 0. The summed E-state index contributed by atoms with van der Waals surface area (Å²) >= 11 is 8.44. The highest BCUT2D eigenvalue weighted by Crippen LogP contribution is 2.33. The second-order valence-corrected chi connectivity index (χ2v) is 7.27. The van der Waals surface area contributed by atoms with E-state index < -0.39 is 0 Å². The van der Waals surface area contributed by atoms with E-state index in [1.54, 1.807) is 23.5 Å². The van der Waals surface area contributed by atoms with Crippen LogP contribution in [-0.4, -0.2) is 4.92 Å². The Labute approximate surface area is 131 Å². The average molecular weight is 406 g/mol. The van der Waals surface area contributed by atoms with Crippen LogP contribution in [0.3, 0.4) is 0 Å². The van der Waals surface area contributed by atoms with Crippen molar-refractivity contribution in [3.8, 4) is 0 Å². The Bertz CT molecular complexity index is 609. The fourth-order valence-corrected chi connectivity index (χ4v) is 3.73. The highest BCUT2D eigenvalue weighted by atomic mass is 79.9. The molecule has 0 atom stereocenters. The van der Waals surface area contributed by atoms with Gasteiger partial charge in [0, 0.05) is 22.0 Å². The van der Waals surface area contributed by atoms with Gasteiger partial charge < -0.3 is 5.32 Å². The highest BCUT2D eigenvalue weighted by molar-refractivity contribution is 9.13. The van der Waals surface area contributed by atoms with E-state index in [1.807, 2.05) is 13.0 Å². The van der Waals surface area contributed by atoms with E-state index in [2.05, 4.69) is 37.2 Å². The van der Waals surface area contributed by atoms with Crippen molar-refractivity contribution in [2.45, 2.75) is 13.5 Å². The zero-order chi connectivity index (χ0) is 14.0. The zero-order valence-corrected chi connectivity index (χ0v) is 13.9. The van der Waals surface area contributed by atoms with Crippen LogP contribution >= 0.6 is 43.2 Å². The first-order valence-corrected chi connectivity index (χ1v) is 7.80. The zero-order valence-electron chi connectivity index (χ0n) is 9.94. The molecule has 0 fully saturated rings. The number of nitro groups is 1. The molecule has 0 saturated carbocycles. The van der Waals surface area contributed by atoms with E-state index in [0.29, 0.717) is 12.2 Å². The molecule has 0 amide bonds. The molecule has 2 aromatic rings. The van der Waals surface area contributed by atoms with Gasteiger partial charge in [-0.15, -0.1) is 11.3 Å². The first-order chi connectivity index (χ1) is 8.97. The molecule has 0 unspecified atom stereocenters. The fraction of sp³-hybridized carbons (Fsp3) is 0.167. The molecule has 0 aliphatic rings. The third-order valence-corrected chi connectivity index (χ3v) is 5.75. The molecule has 1 aromatic carbocycles. The number of nitrogens with zero attached hydrogens (tertiary/aromatic N) is 1. The predicted octanol–water partition coefficient (Wildman–Crippen LogP) is 5.10. The number of nitrogens with one attached hydrogen (secondary N) is 1. The van der Waals surface area contributed by atoms with E-state index in [9.17, 15) is 10.1 Å². The van der Waals surface area contributed by atoms with Crippen molar-refractivity contribution in [2.24, 2.45) is 0 Å². The first-order valence-electron chi connectivity index (χ1n) is 5.40. The Morgan fingerprint density at radius 2 is 2.11 bits per heavy atom. The minimum atomic E-state index is -0.373. The minimum Gasteiger partial charge on any atom is -0.375 e. The van der Waals surface area contributed by atoms with Gasteiger partial charge in [-0.2, -0.15) is 0 Å². The SMILES string of the molecule is Cc1ccc([N+](=O)[O-])c(NCc2cc(Br)c(Br)s2)c1. The minimum absolute atomic E-state index is 0.0975. The largest absolute Gasteiger partial charge is 0.375 e. The molecule has 7 heteroatoms. The molecule has 0 radical (unpaired) electrons. The predicted molar refractivity (Wildman–Crippen MR) is 84.9 cm³/mol. The van der Waals surface area contributed by atoms with E-state index in [1.165, 1.54) is 6.07 Å². The van der Waals surface area contributed by atoms with Gasteiger partial charge in [-0.1, -0.05) is 6.07 Å². The number of anilines is 1. The number of aryl methyl sites for hydroxylation is 1. The Hall–Kier alpha value is -0.920. The van der Waals surface area contributed by atoms with Crippen molar-refractivity contribution >= 4 is 54.6 Å². The van der Waals surface area contributed by atoms with E-state index in [-0.39, 0.29) is 10.6 Å². The van der Waals surface area contributed by atoms with Gasteiger partial charge in [0.1, 0.15) is 5.69 Å². The molecule has 19 heavy (non-hydrogen) atoms. The van der Waals surface area contributed by atoms with E-state index in [0.717, 1.165) is 18.7 Å². The van der Waals surface area contributed by atoms with Crippen LogP contribution in [0.25, 0.3) is 0 Å². The molecule has 0 aliphatic carbocycles. The molecule has 4 nitrogen and oxygen atoms in total. The highest BCUT2D eigenvalue weighted by Gasteiger charge is 2.13. The lowest BCUT2D eigenvalue weighted by Gasteiger charge is -2.06. The number of nitro benzene ring substituents is 1. The van der Waals surface area contributed by atoms with Gasteiger partial charge >= 0.3 is 0 Å². The van der Waals surface area contributed by atoms with Gasteiger partial charge in [0.25, 0.3) is 5.69 Å². The van der Waals surface area contributed by atoms with Crippen LogP contribution in [0.4, 0.5) is 11.4 Å². The number of thiophene rings is 1. The van der Waals surface area contributed by atoms with Gasteiger partial charge in [-0.05, 0) is 56.5 Å². The lowest BCUT2D eigenvalue weighted by Crippen LogP contribution is -2.01. The summed E-state index contributed by atoms with van der Waals surface area (Å²) in [6, 6.07) is 7.04. The lowest BCUT2D eigenvalue weighted by atomic mass is 10.2. The van der Waals surface area contributed by atoms with Crippen LogP contribution in [0.2, 0.25) is 0 Å². The molecule has 0 bridgehead atoms. The van der Waals surface area contributed by atoms with Crippen LogP contribution < -0.4 is 5.32 Å². The second-order valence-electron chi connectivity index (χ2n) is 3.97. The number of hydrogen-bond donors (Lipinski definition) is 1. The first kappa shape index (κ1) is 14.5. The molecule has 1 aromatic heterocycles. The number of halogens is 2. The molecule has 0 spiro atoms. The Morgan fingerprint density at radius 3 is 2.68 bits per heavy atom. The maximum atomic E-state index is 11.0. The lowest BCUT2D eigenvalue weighted by molar-refractivity contribution is -0.384. The summed E-state index contributed by atoms with van der Waals surface area (Å²) in [6.45, 7) is 2.46. The summed E-state index contributed by atoms with van der Waals surface area (Å²) < 4.78 is 2.01. The van der Waals surface area contributed by atoms with Crippen LogP contribution in [0.1, 0.15) is 10.4 Å². The normalized spacial score (nSPS) is 10.5. The standard InChI is InChI=1S/C12H10Br2N2O2S/c1-7-2-3-11(16(17)18)10(4-7)15-6-8-5-9(13)12(14)19-8/h2-5,15H,6H2,1H3. The van der Waals surface area contributed by atoms with Crippen LogP contribution in [-0.2, 0) is 6.54 Å². The van der Waals surface area contributed by atoms with E-state index in [4.69, 9.17) is 0 Å². The van der Waals surface area contributed by atoms with Crippen molar-refractivity contribution < 1.29 is 4.92 Å². The third kappa shape index (κ3) is 3.55. The Morgan fingerprint density at radius 1 is 1.37 bits per heavy atom. The smallest absolute Gasteiger partial charge is 0.292 e. The van der Waals surface area contributed by atoms with Crippen molar-refractivity contribution in [3.63, 3.8) is 0 Å². The van der Waals surface area contributed by atoms with Crippen LogP contribution in [0, 0.1) is 17.0 Å². The van der Waals surface area contributed by atoms with Gasteiger partial charge in [-0.25, -0.2) is 0 Å². The van der Waals surface area contributed by atoms with Crippen LogP contribution in [0.15, 0.2) is 32.5 Å². The fourth-order valence-electron chi connectivity index (χ4n) is 1.61. The molecule has 0 aliphatic heterocycles. The molecular weight excluding hydrogens is 396 g/mol. The van der Waals surface area contributed by atoms with Crippen LogP contribution in [0.5, 0.6) is 0 Å². The molecule has 0 saturated heterocycles. The molecule has 100 valence electrons. The van der Waals surface area contributed by atoms with Gasteiger partial charge in [-0.3, -0.25) is 10.1 Å². The summed E-state index contributed by atoms with van der Waals surface area (Å²) in [5.41, 5.74) is 1.63. The molecule has 1 heterocycles. The molecule has 2 rings (SSSR count). The summed E-state index contributed by atoms with van der Waals surface area (Å²) in [5, 5.41) is 14.1. The van der Waals surface area contributed by atoms with Gasteiger partial charge in [0.05, 0.1) is 8.71 Å². The summed E-state index contributed by atoms with van der Waals surface area (Å²) in [7, 11) is 0. The van der Waals surface area contributed by atoms with Crippen molar-refractivity contribution in [1.29, 1.82) is 0 Å². The number of hydrogen-bond acceptors (Lipinski definition) is 4. The number of rotatable bonds is 4. The Balaban J connectivity index is 2.19. The average Bonchev–Trinajstić information content (AvgIpc) is 2.66. The maximum absolute atomic E-state index is 11.0. The second kappa shape index (κ2) is 6.02. The number of benzene rings is 1. The van der Waals surface area contributed by atoms with E-state index >= 15 is 0 Å². The molecule has 1 N–H and O–H groups in total. The Kier molecular flexibility index (Phi) is 4.59. The summed E-state index contributed by atoms with van der Waals surface area (Å²) in [6.07, 6.45) is 0. The van der Waals surface area contributed by atoms with Gasteiger partial charge in [0.2, 0.25) is 0 Å². The monoisotopic (exact) mass is 404 g/mol. The van der Waals surface area contributed by atoms with Crippen molar-refractivity contribution in [1.82, 2.24) is 0 Å². The quantitative estimate of drug-likeness (QED) is 0.568. The maximum Gasteiger partial charge on any atom is 0.292 e.